The van der Waals surface area contributed by atoms with Crippen molar-refractivity contribution in [1.82, 2.24) is 4.98 Å². The van der Waals surface area contributed by atoms with E-state index in [-0.39, 0.29) is 28.4 Å². The molecule has 0 fully saturated rings. The molecule has 0 radical (unpaired) electrons. The summed E-state index contributed by atoms with van der Waals surface area (Å²) >= 11 is 0. The highest BCUT2D eigenvalue weighted by Crippen LogP contribution is 2.36. The number of fused-ring (bicyclic) bond motifs is 1. The Morgan fingerprint density at radius 2 is 1.91 bits per heavy atom. The number of rotatable bonds is 3. The predicted molar refractivity (Wildman–Crippen MR) is 75.7 cm³/mol. The summed E-state index contributed by atoms with van der Waals surface area (Å²) in [5.74, 6) is -1.13. The lowest BCUT2D eigenvalue weighted by atomic mass is 10.2. The minimum atomic E-state index is -4.52. The van der Waals surface area contributed by atoms with Crippen molar-refractivity contribution < 1.29 is 27.5 Å². The summed E-state index contributed by atoms with van der Waals surface area (Å²) in [7, 11) is 0. The molecule has 0 bridgehead atoms. The number of hydrogen-bond donors (Lipinski definition) is 2. The molecule has 0 aliphatic rings. The third-order valence-electron chi connectivity index (χ3n) is 3.11. The molecule has 1 aromatic heterocycles. The first kappa shape index (κ1) is 14.9. The molecule has 0 saturated heterocycles. The van der Waals surface area contributed by atoms with Crippen molar-refractivity contribution in [2.75, 3.05) is 5.32 Å². The summed E-state index contributed by atoms with van der Waals surface area (Å²) in [5.41, 5.74) is -0.551. The lowest BCUT2D eigenvalue weighted by Crippen LogP contribution is -2.08. The number of para-hydroxylation sites is 1. The largest absolute Gasteiger partial charge is 0.478 e. The van der Waals surface area contributed by atoms with Gasteiger partial charge in [0.25, 0.3) is 6.01 Å². The van der Waals surface area contributed by atoms with Crippen LogP contribution in [-0.4, -0.2) is 16.1 Å². The Bertz CT molecular complexity index is 887. The van der Waals surface area contributed by atoms with Crippen molar-refractivity contribution in [3.8, 4) is 0 Å². The number of anilines is 2. The number of carboxylic acid groups (broad SMARTS) is 1. The fraction of sp³-hybridized carbons (Fsp3) is 0.0667. The van der Waals surface area contributed by atoms with Gasteiger partial charge in [-0.1, -0.05) is 12.1 Å². The standard InChI is InChI=1S/C15H9F3N2O3/c16-15(17,18)9-3-1-2-4-10(9)19-14-20-11-7-8(13(21)22)5-6-12(11)23-14/h1-7H,(H,19,20)(H,21,22). The van der Waals surface area contributed by atoms with Crippen LogP contribution in [0.2, 0.25) is 0 Å². The highest BCUT2D eigenvalue weighted by atomic mass is 19.4. The third-order valence-corrected chi connectivity index (χ3v) is 3.11. The van der Waals surface area contributed by atoms with Crippen LogP contribution in [0.3, 0.4) is 0 Å². The molecular weight excluding hydrogens is 313 g/mol. The van der Waals surface area contributed by atoms with Crippen molar-refractivity contribution in [2.45, 2.75) is 6.18 Å². The van der Waals surface area contributed by atoms with Crippen molar-refractivity contribution in [2.24, 2.45) is 0 Å². The molecular formula is C15H9F3N2O3. The number of oxazole rings is 1. The quantitative estimate of drug-likeness (QED) is 0.752. The van der Waals surface area contributed by atoms with Gasteiger partial charge >= 0.3 is 12.1 Å². The van der Waals surface area contributed by atoms with Crippen molar-refractivity contribution in [1.29, 1.82) is 0 Å². The molecule has 2 aromatic carbocycles. The molecule has 0 amide bonds. The zero-order valence-corrected chi connectivity index (χ0v) is 11.4. The van der Waals surface area contributed by atoms with Gasteiger partial charge in [-0.2, -0.15) is 18.2 Å². The SMILES string of the molecule is O=C(O)c1ccc2oc(Nc3ccccc3C(F)(F)F)nc2c1. The van der Waals surface area contributed by atoms with Gasteiger partial charge in [0, 0.05) is 0 Å². The van der Waals surface area contributed by atoms with Gasteiger partial charge in [0.15, 0.2) is 5.58 Å². The maximum Gasteiger partial charge on any atom is 0.418 e. The first-order chi connectivity index (χ1) is 10.8. The van der Waals surface area contributed by atoms with Gasteiger partial charge in [-0.05, 0) is 30.3 Å². The van der Waals surface area contributed by atoms with Crippen LogP contribution in [0.4, 0.5) is 24.9 Å². The molecule has 0 saturated carbocycles. The molecule has 118 valence electrons. The van der Waals surface area contributed by atoms with Gasteiger partial charge in [-0.25, -0.2) is 4.79 Å². The number of aromatic nitrogens is 1. The van der Waals surface area contributed by atoms with Gasteiger partial charge in [-0.3, -0.25) is 0 Å². The normalized spacial score (nSPS) is 11.6. The Morgan fingerprint density at radius 3 is 2.61 bits per heavy atom. The van der Waals surface area contributed by atoms with E-state index in [0.29, 0.717) is 0 Å². The molecule has 5 nitrogen and oxygen atoms in total. The molecule has 0 atom stereocenters. The van der Waals surface area contributed by atoms with Crippen LogP contribution in [-0.2, 0) is 6.18 Å². The van der Waals surface area contributed by atoms with E-state index in [9.17, 15) is 18.0 Å². The lowest BCUT2D eigenvalue weighted by molar-refractivity contribution is -0.136. The summed E-state index contributed by atoms with van der Waals surface area (Å²) in [5, 5.41) is 11.4. The van der Waals surface area contributed by atoms with Gasteiger partial charge in [0.2, 0.25) is 0 Å². The smallest absolute Gasteiger partial charge is 0.418 e. The number of aromatic carboxylic acids is 1. The Morgan fingerprint density at radius 1 is 1.17 bits per heavy atom. The van der Waals surface area contributed by atoms with Crippen LogP contribution in [0.25, 0.3) is 11.1 Å². The second-order valence-electron chi connectivity index (χ2n) is 4.68. The fourth-order valence-corrected chi connectivity index (χ4v) is 2.07. The van der Waals surface area contributed by atoms with Crippen LogP contribution >= 0.6 is 0 Å². The van der Waals surface area contributed by atoms with Crippen LogP contribution in [0, 0.1) is 0 Å². The molecule has 3 aromatic rings. The molecule has 1 heterocycles. The van der Waals surface area contributed by atoms with E-state index in [1.165, 1.54) is 36.4 Å². The Balaban J connectivity index is 1.98. The lowest BCUT2D eigenvalue weighted by Gasteiger charge is -2.11. The van der Waals surface area contributed by atoms with E-state index in [2.05, 4.69) is 10.3 Å². The van der Waals surface area contributed by atoms with Crippen molar-refractivity contribution in [3.05, 3.63) is 53.6 Å². The van der Waals surface area contributed by atoms with E-state index < -0.39 is 17.7 Å². The number of hydrogen-bond acceptors (Lipinski definition) is 4. The molecule has 0 aliphatic heterocycles. The number of carboxylic acids is 1. The highest BCUT2D eigenvalue weighted by Gasteiger charge is 2.33. The maximum atomic E-state index is 12.9. The number of halogens is 3. The molecule has 8 heteroatoms. The average molecular weight is 322 g/mol. The Hall–Kier alpha value is -3.03. The van der Waals surface area contributed by atoms with Crippen molar-refractivity contribution in [3.63, 3.8) is 0 Å². The fourth-order valence-electron chi connectivity index (χ4n) is 2.07. The summed E-state index contributed by atoms with van der Waals surface area (Å²) in [6, 6.07) is 8.76. The molecule has 0 spiro atoms. The second kappa shape index (κ2) is 5.31. The van der Waals surface area contributed by atoms with E-state index in [1.807, 2.05) is 0 Å². The Labute approximate surface area is 127 Å². The molecule has 23 heavy (non-hydrogen) atoms. The van der Waals surface area contributed by atoms with Gasteiger partial charge in [0.1, 0.15) is 5.52 Å². The van der Waals surface area contributed by atoms with Crippen LogP contribution in [0.15, 0.2) is 46.9 Å². The number of nitrogens with zero attached hydrogens (tertiary/aromatic N) is 1. The van der Waals surface area contributed by atoms with Gasteiger partial charge < -0.3 is 14.8 Å². The second-order valence-corrected chi connectivity index (χ2v) is 4.68. The van der Waals surface area contributed by atoms with Crippen molar-refractivity contribution >= 4 is 28.8 Å². The molecule has 0 unspecified atom stereocenters. The zero-order chi connectivity index (χ0) is 16.6. The Kier molecular flexibility index (Phi) is 3.44. The topological polar surface area (TPSA) is 75.4 Å². The predicted octanol–water partition coefficient (Wildman–Crippen LogP) is 4.29. The van der Waals surface area contributed by atoms with Crippen LogP contribution in [0.1, 0.15) is 15.9 Å². The van der Waals surface area contributed by atoms with E-state index in [0.717, 1.165) is 6.07 Å². The minimum absolute atomic E-state index is 0.00745. The third kappa shape index (κ3) is 2.96. The zero-order valence-electron chi connectivity index (χ0n) is 11.4. The van der Waals surface area contributed by atoms with E-state index in [1.54, 1.807) is 0 Å². The molecule has 0 aliphatic carbocycles. The van der Waals surface area contributed by atoms with Gasteiger partial charge in [0.05, 0.1) is 16.8 Å². The number of benzene rings is 2. The van der Waals surface area contributed by atoms with Crippen LogP contribution < -0.4 is 5.32 Å². The summed E-state index contributed by atoms with van der Waals surface area (Å²) in [6.45, 7) is 0. The van der Waals surface area contributed by atoms with Gasteiger partial charge in [-0.15, -0.1) is 0 Å². The summed E-state index contributed by atoms with van der Waals surface area (Å²) in [6.07, 6.45) is -4.52. The minimum Gasteiger partial charge on any atom is -0.478 e. The summed E-state index contributed by atoms with van der Waals surface area (Å²) in [4.78, 5) is 14.9. The first-order valence-corrected chi connectivity index (χ1v) is 6.42. The highest BCUT2D eigenvalue weighted by molar-refractivity contribution is 5.92. The summed E-state index contributed by atoms with van der Waals surface area (Å²) < 4.78 is 44.1. The first-order valence-electron chi connectivity index (χ1n) is 6.42. The maximum absolute atomic E-state index is 12.9. The number of alkyl halides is 3. The van der Waals surface area contributed by atoms with Crippen LogP contribution in [0.5, 0.6) is 0 Å². The van der Waals surface area contributed by atoms with E-state index in [4.69, 9.17) is 9.52 Å². The van der Waals surface area contributed by atoms with E-state index >= 15 is 0 Å². The number of nitrogens with one attached hydrogen (secondary N) is 1. The molecule has 3 rings (SSSR count). The number of carbonyl (C=O) groups is 1. The monoisotopic (exact) mass is 322 g/mol. The average Bonchev–Trinajstić information content (AvgIpc) is 2.87. The molecule has 2 N–H and O–H groups in total.